The fourth-order valence-corrected chi connectivity index (χ4v) is 4.46. The van der Waals surface area contributed by atoms with Crippen LogP contribution in [-0.2, 0) is 12.8 Å². The van der Waals surface area contributed by atoms with Gasteiger partial charge in [0.1, 0.15) is 5.82 Å². The number of benzene rings is 2. The molecule has 0 fully saturated rings. The lowest BCUT2D eigenvalue weighted by atomic mass is 9.90. The number of hydrogen-bond donors (Lipinski definition) is 2. The fourth-order valence-electron chi connectivity index (χ4n) is 4.46. The summed E-state index contributed by atoms with van der Waals surface area (Å²) in [6.07, 6.45) is 11.5. The van der Waals surface area contributed by atoms with Crippen LogP contribution in [-0.4, -0.2) is 4.98 Å². The zero-order valence-corrected chi connectivity index (χ0v) is 23.2. The SMILES string of the molecule is C=C(C)NC(C(=C)C)c1ccc(C(/C=C\C)Cc2cc[nH]c2)cc1.C=C1CCc2ccc(F)cc21.CC. The van der Waals surface area contributed by atoms with Crippen molar-refractivity contribution in [3.8, 4) is 0 Å². The van der Waals surface area contributed by atoms with Gasteiger partial charge < -0.3 is 10.3 Å². The monoisotopic (exact) mass is 498 g/mol. The van der Waals surface area contributed by atoms with Crippen LogP contribution >= 0.6 is 0 Å². The lowest BCUT2D eigenvalue weighted by Crippen LogP contribution is -2.19. The van der Waals surface area contributed by atoms with E-state index >= 15 is 0 Å². The minimum absolute atomic E-state index is 0.112. The first-order chi connectivity index (χ1) is 17.8. The van der Waals surface area contributed by atoms with Crippen molar-refractivity contribution >= 4 is 5.57 Å². The predicted molar refractivity (Wildman–Crippen MR) is 159 cm³/mol. The smallest absolute Gasteiger partial charge is 0.123 e. The van der Waals surface area contributed by atoms with Crippen molar-refractivity contribution in [3.63, 3.8) is 0 Å². The Morgan fingerprint density at radius 1 is 1.03 bits per heavy atom. The van der Waals surface area contributed by atoms with E-state index in [1.165, 1.54) is 28.3 Å². The molecule has 0 saturated heterocycles. The largest absolute Gasteiger partial charge is 0.378 e. The molecule has 2 N–H and O–H groups in total. The quantitative estimate of drug-likeness (QED) is 0.297. The van der Waals surface area contributed by atoms with Crippen molar-refractivity contribution in [2.24, 2.45) is 0 Å². The summed E-state index contributed by atoms with van der Waals surface area (Å²) in [5, 5.41) is 3.39. The van der Waals surface area contributed by atoms with Gasteiger partial charge in [0.25, 0.3) is 0 Å². The molecule has 1 heterocycles. The topological polar surface area (TPSA) is 27.8 Å². The maximum atomic E-state index is 12.7. The number of aromatic amines is 1. The molecule has 0 saturated carbocycles. The fraction of sp³-hybridized carbons (Fsp3) is 0.294. The molecule has 2 atom stereocenters. The second-order valence-electron chi connectivity index (χ2n) is 9.33. The van der Waals surface area contributed by atoms with Gasteiger partial charge in [0.2, 0.25) is 0 Å². The second kappa shape index (κ2) is 14.8. The normalized spacial score (nSPS) is 13.5. The van der Waals surface area contributed by atoms with Crippen molar-refractivity contribution in [1.82, 2.24) is 10.3 Å². The number of aryl methyl sites for hydroxylation is 1. The minimum atomic E-state index is -0.160. The summed E-state index contributed by atoms with van der Waals surface area (Å²) in [7, 11) is 0. The van der Waals surface area contributed by atoms with Crippen LogP contribution in [0.4, 0.5) is 4.39 Å². The van der Waals surface area contributed by atoms with Crippen molar-refractivity contribution in [3.05, 3.63) is 138 Å². The van der Waals surface area contributed by atoms with Crippen molar-refractivity contribution in [2.75, 3.05) is 0 Å². The highest BCUT2D eigenvalue weighted by molar-refractivity contribution is 5.70. The summed E-state index contributed by atoms with van der Waals surface area (Å²) in [6.45, 7) is 22.0. The third kappa shape index (κ3) is 8.78. The summed E-state index contributed by atoms with van der Waals surface area (Å²) in [5.74, 6) is 0.226. The van der Waals surface area contributed by atoms with E-state index in [1.54, 1.807) is 6.07 Å². The first kappa shape index (κ1) is 29.6. The zero-order chi connectivity index (χ0) is 27.4. The molecule has 2 aromatic carbocycles. The Morgan fingerprint density at radius 2 is 1.70 bits per heavy atom. The molecule has 2 nitrogen and oxygen atoms in total. The third-order valence-electron chi connectivity index (χ3n) is 6.27. The molecule has 196 valence electrons. The van der Waals surface area contributed by atoms with Gasteiger partial charge in [-0.3, -0.25) is 0 Å². The van der Waals surface area contributed by atoms with Crippen LogP contribution in [0, 0.1) is 5.82 Å². The average molecular weight is 499 g/mol. The standard InChI is InChI=1S/C22H28N2.C10H9F.C2H6/c1-6-7-21(14-18-12-13-23-15-18)19-8-10-20(11-9-19)22(16(2)3)24-17(4)5;1-7-2-3-8-4-5-9(11)6-10(7)8;1-2/h6-13,15,21-24H,2,4,14H2,1,3,5H3;4-6H,1-3H2;1-2H3/b7-6-;;. The van der Waals surface area contributed by atoms with E-state index in [4.69, 9.17) is 0 Å². The van der Waals surface area contributed by atoms with E-state index < -0.39 is 0 Å². The van der Waals surface area contributed by atoms with E-state index in [0.717, 1.165) is 41.7 Å². The Kier molecular flexibility index (Phi) is 11.9. The van der Waals surface area contributed by atoms with E-state index in [0.29, 0.717) is 5.92 Å². The Labute approximate surface area is 223 Å². The van der Waals surface area contributed by atoms with Crippen molar-refractivity contribution < 1.29 is 4.39 Å². The van der Waals surface area contributed by atoms with Crippen LogP contribution < -0.4 is 5.32 Å². The van der Waals surface area contributed by atoms with Crippen LogP contribution in [0.2, 0.25) is 0 Å². The number of nitrogens with one attached hydrogen (secondary N) is 2. The van der Waals surface area contributed by atoms with Crippen molar-refractivity contribution in [2.45, 2.75) is 65.8 Å². The first-order valence-electron chi connectivity index (χ1n) is 13.2. The van der Waals surface area contributed by atoms with Gasteiger partial charge in [-0.05, 0) is 91.6 Å². The molecule has 0 radical (unpaired) electrons. The number of rotatable bonds is 8. The Bertz CT molecular complexity index is 1180. The van der Waals surface area contributed by atoms with Gasteiger partial charge in [-0.25, -0.2) is 4.39 Å². The molecule has 37 heavy (non-hydrogen) atoms. The summed E-state index contributed by atoms with van der Waals surface area (Å²) in [6, 6.07) is 16.0. The summed E-state index contributed by atoms with van der Waals surface area (Å²) in [5.41, 5.74) is 9.23. The molecule has 1 aromatic heterocycles. The molecular weight excluding hydrogens is 455 g/mol. The van der Waals surface area contributed by atoms with Gasteiger partial charge >= 0.3 is 0 Å². The summed E-state index contributed by atoms with van der Waals surface area (Å²) >= 11 is 0. The second-order valence-corrected chi connectivity index (χ2v) is 9.33. The maximum Gasteiger partial charge on any atom is 0.123 e. The number of H-pyrrole nitrogens is 1. The van der Waals surface area contributed by atoms with Gasteiger partial charge in [0.05, 0.1) is 6.04 Å². The highest BCUT2D eigenvalue weighted by atomic mass is 19.1. The van der Waals surface area contributed by atoms with Crippen molar-refractivity contribution in [1.29, 1.82) is 0 Å². The molecule has 4 rings (SSSR count). The average Bonchev–Trinajstić information content (AvgIpc) is 3.53. The zero-order valence-electron chi connectivity index (χ0n) is 23.2. The first-order valence-corrected chi connectivity index (χ1v) is 13.2. The van der Waals surface area contributed by atoms with Crippen LogP contribution in [0.5, 0.6) is 0 Å². The summed E-state index contributed by atoms with van der Waals surface area (Å²) < 4.78 is 12.7. The van der Waals surface area contributed by atoms with Crippen LogP contribution in [0.25, 0.3) is 5.57 Å². The number of allylic oxidation sites excluding steroid dienone is 4. The maximum absolute atomic E-state index is 12.7. The van der Waals surface area contributed by atoms with E-state index in [9.17, 15) is 4.39 Å². The number of halogens is 1. The number of hydrogen-bond acceptors (Lipinski definition) is 1. The van der Waals surface area contributed by atoms with Gasteiger partial charge in [-0.2, -0.15) is 0 Å². The molecule has 1 aliphatic carbocycles. The lowest BCUT2D eigenvalue weighted by molar-refractivity contribution is 0.627. The highest BCUT2D eigenvalue weighted by Crippen LogP contribution is 2.31. The number of fused-ring (bicyclic) bond motifs is 1. The molecular formula is C34H43FN2. The van der Waals surface area contributed by atoms with E-state index in [-0.39, 0.29) is 11.9 Å². The van der Waals surface area contributed by atoms with Crippen LogP contribution in [0.3, 0.4) is 0 Å². The van der Waals surface area contributed by atoms with E-state index in [2.05, 4.69) is 85.6 Å². The highest BCUT2D eigenvalue weighted by Gasteiger charge is 2.15. The molecule has 0 spiro atoms. The molecule has 0 amide bonds. The Morgan fingerprint density at radius 3 is 2.27 bits per heavy atom. The van der Waals surface area contributed by atoms with Gasteiger partial charge in [-0.1, -0.05) is 81.6 Å². The van der Waals surface area contributed by atoms with Crippen LogP contribution in [0.1, 0.15) is 80.8 Å². The molecule has 0 bridgehead atoms. The summed E-state index contributed by atoms with van der Waals surface area (Å²) in [4.78, 5) is 3.13. The molecule has 3 heteroatoms. The Balaban J connectivity index is 0.000000306. The molecule has 3 aromatic rings. The Hall–Kier alpha value is -3.59. The lowest BCUT2D eigenvalue weighted by Gasteiger charge is -2.21. The van der Waals surface area contributed by atoms with Crippen LogP contribution in [0.15, 0.2) is 104 Å². The minimum Gasteiger partial charge on any atom is -0.378 e. The predicted octanol–water partition coefficient (Wildman–Crippen LogP) is 9.47. The van der Waals surface area contributed by atoms with Gasteiger partial charge in [0, 0.05) is 24.0 Å². The third-order valence-corrected chi connectivity index (χ3v) is 6.27. The molecule has 0 aliphatic heterocycles. The van der Waals surface area contributed by atoms with E-state index in [1.807, 2.05) is 40.0 Å². The van der Waals surface area contributed by atoms with Gasteiger partial charge in [0.15, 0.2) is 0 Å². The molecule has 2 unspecified atom stereocenters. The van der Waals surface area contributed by atoms with Gasteiger partial charge in [-0.15, -0.1) is 0 Å². The molecule has 1 aliphatic rings. The number of aromatic nitrogens is 1.